The van der Waals surface area contributed by atoms with Gasteiger partial charge in [-0.3, -0.25) is 14.5 Å². The SMILES string of the molecule is Cl.O=C(Nc1ccc2oc(=O)[nH]c2c1)C1(n2cccn2)CCNCC1. The molecule has 0 unspecified atom stereocenters. The molecule has 4 rings (SSSR count). The van der Waals surface area contributed by atoms with E-state index in [0.717, 1.165) is 13.1 Å². The molecule has 1 fully saturated rings. The summed E-state index contributed by atoms with van der Waals surface area (Å²) >= 11 is 0. The van der Waals surface area contributed by atoms with Gasteiger partial charge in [0.05, 0.1) is 5.52 Å². The molecule has 1 amide bonds. The number of nitrogens with zero attached hydrogens (tertiary/aromatic N) is 2. The number of aromatic amines is 1. The summed E-state index contributed by atoms with van der Waals surface area (Å²) in [6.45, 7) is 1.50. The molecule has 2 aromatic heterocycles. The first-order valence-electron chi connectivity index (χ1n) is 7.83. The van der Waals surface area contributed by atoms with Gasteiger partial charge in [0, 0.05) is 18.1 Å². The molecule has 1 aliphatic heterocycles. The molecule has 0 atom stereocenters. The van der Waals surface area contributed by atoms with E-state index in [1.165, 1.54) is 0 Å². The highest BCUT2D eigenvalue weighted by Gasteiger charge is 2.42. The van der Waals surface area contributed by atoms with Gasteiger partial charge in [-0.15, -0.1) is 12.4 Å². The summed E-state index contributed by atoms with van der Waals surface area (Å²) in [5.74, 6) is -0.627. The minimum atomic E-state index is -0.715. The summed E-state index contributed by atoms with van der Waals surface area (Å²) < 4.78 is 6.71. The van der Waals surface area contributed by atoms with E-state index in [1.807, 2.05) is 12.3 Å². The Kier molecular flexibility index (Phi) is 4.65. The molecule has 0 radical (unpaired) electrons. The molecular formula is C16H18ClN5O3. The average Bonchev–Trinajstić information content (AvgIpc) is 3.24. The maximum Gasteiger partial charge on any atom is 0.417 e. The fourth-order valence-corrected chi connectivity index (χ4v) is 3.20. The first kappa shape index (κ1) is 17.2. The van der Waals surface area contributed by atoms with Crippen LogP contribution < -0.4 is 16.4 Å². The Labute approximate surface area is 149 Å². The number of H-pyrrole nitrogens is 1. The molecule has 1 saturated heterocycles. The van der Waals surface area contributed by atoms with E-state index in [4.69, 9.17) is 4.42 Å². The fourth-order valence-electron chi connectivity index (χ4n) is 3.20. The maximum absolute atomic E-state index is 13.0. The van der Waals surface area contributed by atoms with E-state index in [-0.39, 0.29) is 18.3 Å². The number of fused-ring (bicyclic) bond motifs is 1. The Morgan fingerprint density at radius 3 is 2.84 bits per heavy atom. The second kappa shape index (κ2) is 6.73. The van der Waals surface area contributed by atoms with Gasteiger partial charge in [0.2, 0.25) is 0 Å². The highest BCUT2D eigenvalue weighted by molar-refractivity contribution is 5.98. The highest BCUT2D eigenvalue weighted by atomic mass is 35.5. The van der Waals surface area contributed by atoms with E-state index in [1.54, 1.807) is 29.1 Å². The molecule has 1 aromatic carbocycles. The average molecular weight is 364 g/mol. The van der Waals surface area contributed by atoms with Gasteiger partial charge in [-0.1, -0.05) is 0 Å². The molecule has 0 spiro atoms. The number of amides is 1. The third kappa shape index (κ3) is 3.06. The minimum absolute atomic E-state index is 0. The Balaban J connectivity index is 0.00000182. The number of piperidine rings is 1. The van der Waals surface area contributed by atoms with Crippen molar-refractivity contribution in [3.63, 3.8) is 0 Å². The van der Waals surface area contributed by atoms with Gasteiger partial charge in [-0.05, 0) is 50.2 Å². The van der Waals surface area contributed by atoms with Crippen LogP contribution in [0.1, 0.15) is 12.8 Å². The first-order chi connectivity index (χ1) is 11.7. The lowest BCUT2D eigenvalue weighted by Gasteiger charge is -2.36. The van der Waals surface area contributed by atoms with Crippen LogP contribution in [0.4, 0.5) is 5.69 Å². The molecule has 3 aromatic rings. The van der Waals surface area contributed by atoms with Crippen LogP contribution in [0.2, 0.25) is 0 Å². The molecule has 132 valence electrons. The van der Waals surface area contributed by atoms with Gasteiger partial charge < -0.3 is 15.1 Å². The second-order valence-corrected chi connectivity index (χ2v) is 5.91. The Bertz CT molecular complexity index is 925. The Hall–Kier alpha value is -2.58. The van der Waals surface area contributed by atoms with Crippen molar-refractivity contribution in [1.82, 2.24) is 20.1 Å². The van der Waals surface area contributed by atoms with Crippen LogP contribution in [0.15, 0.2) is 45.9 Å². The summed E-state index contributed by atoms with van der Waals surface area (Å²) in [6.07, 6.45) is 4.82. The van der Waals surface area contributed by atoms with E-state index < -0.39 is 11.3 Å². The molecular weight excluding hydrogens is 346 g/mol. The molecule has 0 bridgehead atoms. The van der Waals surface area contributed by atoms with Crippen LogP contribution in [0.5, 0.6) is 0 Å². The monoisotopic (exact) mass is 363 g/mol. The number of anilines is 1. The Morgan fingerprint density at radius 2 is 2.12 bits per heavy atom. The number of hydrogen-bond acceptors (Lipinski definition) is 5. The molecule has 3 heterocycles. The van der Waals surface area contributed by atoms with Crippen molar-refractivity contribution in [3.05, 3.63) is 47.2 Å². The van der Waals surface area contributed by atoms with Crippen molar-refractivity contribution >= 4 is 35.1 Å². The number of benzene rings is 1. The summed E-state index contributed by atoms with van der Waals surface area (Å²) in [5.41, 5.74) is 0.903. The van der Waals surface area contributed by atoms with Crippen molar-refractivity contribution < 1.29 is 9.21 Å². The second-order valence-electron chi connectivity index (χ2n) is 5.91. The number of halogens is 1. The fraction of sp³-hybridized carbons (Fsp3) is 0.312. The number of nitrogens with one attached hydrogen (secondary N) is 3. The van der Waals surface area contributed by atoms with Crippen molar-refractivity contribution in [1.29, 1.82) is 0 Å². The summed E-state index contributed by atoms with van der Waals surface area (Å²) in [4.78, 5) is 26.9. The third-order valence-electron chi connectivity index (χ3n) is 4.47. The van der Waals surface area contributed by atoms with Crippen LogP contribution in [-0.2, 0) is 10.3 Å². The lowest BCUT2D eigenvalue weighted by Crippen LogP contribution is -2.52. The van der Waals surface area contributed by atoms with E-state index in [0.29, 0.717) is 29.6 Å². The molecule has 3 N–H and O–H groups in total. The van der Waals surface area contributed by atoms with Gasteiger partial charge in [-0.25, -0.2) is 4.79 Å². The predicted octanol–water partition coefficient (Wildman–Crippen LogP) is 1.46. The minimum Gasteiger partial charge on any atom is -0.408 e. The van der Waals surface area contributed by atoms with Crippen molar-refractivity contribution in [2.45, 2.75) is 18.4 Å². The van der Waals surface area contributed by atoms with Crippen LogP contribution >= 0.6 is 12.4 Å². The molecule has 1 aliphatic rings. The standard InChI is InChI=1S/C16H17N5O3.ClH/c22-14(16(4-7-17-8-5-16)21-9-1-6-18-21)19-11-2-3-13-12(10-11)20-15(23)24-13;/h1-3,6,9-10,17H,4-5,7-8H2,(H,19,22)(H,20,23);1H. The topological polar surface area (TPSA) is 105 Å². The van der Waals surface area contributed by atoms with Gasteiger partial charge in [0.15, 0.2) is 5.58 Å². The molecule has 8 nitrogen and oxygen atoms in total. The number of hydrogen-bond donors (Lipinski definition) is 3. The third-order valence-corrected chi connectivity index (χ3v) is 4.47. The zero-order valence-corrected chi connectivity index (χ0v) is 14.1. The molecule has 9 heteroatoms. The maximum atomic E-state index is 13.0. The van der Waals surface area contributed by atoms with Gasteiger partial charge in [-0.2, -0.15) is 5.10 Å². The summed E-state index contributed by atoms with van der Waals surface area (Å²) in [5, 5.41) is 10.5. The van der Waals surface area contributed by atoms with Gasteiger partial charge >= 0.3 is 5.76 Å². The van der Waals surface area contributed by atoms with Crippen molar-refractivity contribution in [2.75, 3.05) is 18.4 Å². The number of oxazole rings is 1. The normalized spacial score (nSPS) is 16.3. The van der Waals surface area contributed by atoms with Crippen molar-refractivity contribution in [2.24, 2.45) is 0 Å². The molecule has 0 saturated carbocycles. The highest BCUT2D eigenvalue weighted by Crippen LogP contribution is 2.29. The molecule has 25 heavy (non-hydrogen) atoms. The van der Waals surface area contributed by atoms with Crippen molar-refractivity contribution in [3.8, 4) is 0 Å². The van der Waals surface area contributed by atoms with Gasteiger partial charge in [0.1, 0.15) is 5.54 Å². The van der Waals surface area contributed by atoms with E-state index in [9.17, 15) is 9.59 Å². The van der Waals surface area contributed by atoms with Gasteiger partial charge in [0.25, 0.3) is 5.91 Å². The lowest BCUT2D eigenvalue weighted by molar-refractivity contribution is -0.126. The largest absolute Gasteiger partial charge is 0.417 e. The molecule has 0 aliphatic carbocycles. The van der Waals surface area contributed by atoms with Crippen LogP contribution in [0.3, 0.4) is 0 Å². The number of aromatic nitrogens is 3. The van der Waals surface area contributed by atoms with E-state index >= 15 is 0 Å². The number of carbonyl (C=O) groups excluding carboxylic acids is 1. The van der Waals surface area contributed by atoms with Crippen LogP contribution in [0.25, 0.3) is 11.1 Å². The zero-order chi connectivity index (χ0) is 16.6. The lowest BCUT2D eigenvalue weighted by atomic mass is 9.87. The van der Waals surface area contributed by atoms with Crippen LogP contribution in [0, 0.1) is 0 Å². The first-order valence-corrected chi connectivity index (χ1v) is 7.83. The Morgan fingerprint density at radius 1 is 1.32 bits per heavy atom. The smallest absolute Gasteiger partial charge is 0.408 e. The quantitative estimate of drug-likeness (QED) is 0.653. The zero-order valence-electron chi connectivity index (χ0n) is 13.3. The number of rotatable bonds is 3. The predicted molar refractivity (Wildman–Crippen MR) is 95.0 cm³/mol. The van der Waals surface area contributed by atoms with E-state index in [2.05, 4.69) is 20.7 Å². The number of carbonyl (C=O) groups is 1. The summed E-state index contributed by atoms with van der Waals surface area (Å²) in [6, 6.07) is 6.88. The summed E-state index contributed by atoms with van der Waals surface area (Å²) in [7, 11) is 0. The van der Waals surface area contributed by atoms with Crippen LogP contribution in [-0.4, -0.2) is 33.8 Å².